The second kappa shape index (κ2) is 10.2. The lowest BCUT2D eigenvalue weighted by Crippen LogP contribution is -2.15. The highest BCUT2D eigenvalue weighted by Gasteiger charge is 2.24. The van der Waals surface area contributed by atoms with Gasteiger partial charge in [-0.3, -0.25) is 9.48 Å². The van der Waals surface area contributed by atoms with Gasteiger partial charge >= 0.3 is 0 Å². The first kappa shape index (κ1) is 24.1. The highest BCUT2D eigenvalue weighted by Crippen LogP contribution is 2.29. The number of carbonyl (C=O) groups is 1. The number of hydrogen-bond acceptors (Lipinski definition) is 3. The van der Waals surface area contributed by atoms with Crippen LogP contribution in [-0.2, 0) is 6.54 Å². The average Bonchev–Trinajstić information content (AvgIpc) is 3.40. The summed E-state index contributed by atoms with van der Waals surface area (Å²) in [6.45, 7) is 2.23. The number of nitrogens with one attached hydrogen (secondary N) is 1. The van der Waals surface area contributed by atoms with Crippen molar-refractivity contribution in [2.24, 2.45) is 0 Å². The third-order valence-corrected chi connectivity index (χ3v) is 6.55. The first-order chi connectivity index (χ1) is 17.4. The molecule has 5 aromatic rings. The zero-order chi connectivity index (χ0) is 25.2. The molecule has 9 heteroatoms. The number of benzene rings is 3. The maximum Gasteiger partial charge on any atom is 0.261 e. The molecule has 0 atom stereocenters. The molecule has 180 valence electrons. The molecule has 6 nitrogen and oxygen atoms in total. The Morgan fingerprint density at radius 3 is 2.28 bits per heavy atom. The largest absolute Gasteiger partial charge is 0.304 e. The highest BCUT2D eigenvalue weighted by atomic mass is 35.5. The van der Waals surface area contributed by atoms with Gasteiger partial charge in [-0.2, -0.15) is 10.2 Å². The van der Waals surface area contributed by atoms with Crippen LogP contribution in [0, 0.1) is 6.92 Å². The number of halogens is 3. The van der Waals surface area contributed by atoms with Crippen LogP contribution in [0.3, 0.4) is 0 Å². The molecule has 2 aromatic heterocycles. The second-order valence-corrected chi connectivity index (χ2v) is 9.39. The lowest BCUT2D eigenvalue weighted by molar-refractivity contribution is 0.102. The SMILES string of the molecule is Cc1c(C(=O)Nc2nn(Cc3ccc(Cl)cc3Cl)cc2Cl)c(-c2ccccc2)nn1-c1ccccc1. The van der Waals surface area contributed by atoms with E-state index in [0.29, 0.717) is 38.6 Å². The van der Waals surface area contributed by atoms with E-state index in [1.54, 1.807) is 27.7 Å². The third kappa shape index (κ3) is 4.88. The Labute approximate surface area is 223 Å². The van der Waals surface area contributed by atoms with Crippen molar-refractivity contribution in [1.82, 2.24) is 19.6 Å². The van der Waals surface area contributed by atoms with Gasteiger partial charge in [-0.25, -0.2) is 4.68 Å². The lowest BCUT2D eigenvalue weighted by atomic mass is 10.1. The van der Waals surface area contributed by atoms with Gasteiger partial charge in [0, 0.05) is 21.8 Å². The van der Waals surface area contributed by atoms with E-state index in [2.05, 4.69) is 10.4 Å². The molecule has 0 spiro atoms. The van der Waals surface area contributed by atoms with Crippen LogP contribution in [0.1, 0.15) is 21.6 Å². The first-order valence-corrected chi connectivity index (χ1v) is 12.2. The molecule has 1 N–H and O–H groups in total. The molecule has 0 radical (unpaired) electrons. The quantitative estimate of drug-likeness (QED) is 0.247. The fraction of sp³-hybridized carbons (Fsp3) is 0.0741. The summed E-state index contributed by atoms with van der Waals surface area (Å²) < 4.78 is 3.38. The Balaban J connectivity index is 1.48. The maximum atomic E-state index is 13.6. The molecule has 0 bridgehead atoms. The minimum Gasteiger partial charge on any atom is -0.304 e. The fourth-order valence-corrected chi connectivity index (χ4v) is 4.62. The van der Waals surface area contributed by atoms with Gasteiger partial charge < -0.3 is 5.32 Å². The van der Waals surface area contributed by atoms with Gasteiger partial charge in [-0.1, -0.05) is 89.4 Å². The molecule has 0 saturated carbocycles. The van der Waals surface area contributed by atoms with E-state index < -0.39 is 0 Å². The predicted molar refractivity (Wildman–Crippen MR) is 144 cm³/mol. The molecule has 0 fully saturated rings. The monoisotopic (exact) mass is 535 g/mol. The van der Waals surface area contributed by atoms with Gasteiger partial charge in [-0.15, -0.1) is 0 Å². The van der Waals surface area contributed by atoms with Crippen molar-refractivity contribution in [1.29, 1.82) is 0 Å². The standard InChI is InChI=1S/C27H20Cl3N5O/c1-17-24(25(18-8-4-2-5-9-18)32-35(17)21-10-6-3-7-11-21)27(36)31-26-23(30)16-34(33-26)15-19-12-13-20(28)14-22(19)29/h2-14,16H,15H2,1H3,(H,31,33,36). The van der Waals surface area contributed by atoms with Crippen LogP contribution in [0.5, 0.6) is 0 Å². The van der Waals surface area contributed by atoms with Crippen molar-refractivity contribution in [3.63, 3.8) is 0 Å². The molecule has 0 aliphatic carbocycles. The number of aromatic nitrogens is 4. The van der Waals surface area contributed by atoms with Gasteiger partial charge in [0.25, 0.3) is 5.91 Å². The summed E-state index contributed by atoms with van der Waals surface area (Å²) in [7, 11) is 0. The fourth-order valence-electron chi connectivity index (χ4n) is 3.95. The van der Waals surface area contributed by atoms with Gasteiger partial charge in [0.15, 0.2) is 5.82 Å². The van der Waals surface area contributed by atoms with Crippen molar-refractivity contribution in [2.75, 3.05) is 5.32 Å². The van der Waals surface area contributed by atoms with Crippen molar-refractivity contribution < 1.29 is 4.79 Å². The van der Waals surface area contributed by atoms with E-state index in [4.69, 9.17) is 39.9 Å². The zero-order valence-electron chi connectivity index (χ0n) is 19.1. The Kier molecular flexibility index (Phi) is 6.83. The molecule has 0 unspecified atom stereocenters. The van der Waals surface area contributed by atoms with Gasteiger partial charge in [-0.05, 0) is 36.8 Å². The summed E-state index contributed by atoms with van der Waals surface area (Å²) in [4.78, 5) is 13.6. The summed E-state index contributed by atoms with van der Waals surface area (Å²) in [5.41, 5.74) is 4.21. The molecule has 5 rings (SSSR count). The van der Waals surface area contributed by atoms with Crippen molar-refractivity contribution >= 4 is 46.5 Å². The Morgan fingerprint density at radius 1 is 0.889 bits per heavy atom. The Bertz CT molecular complexity index is 1540. The van der Waals surface area contributed by atoms with E-state index in [1.165, 1.54) is 0 Å². The average molecular weight is 537 g/mol. The molecule has 0 saturated heterocycles. The van der Waals surface area contributed by atoms with Crippen LogP contribution < -0.4 is 5.32 Å². The molecular weight excluding hydrogens is 517 g/mol. The third-order valence-electron chi connectivity index (χ3n) is 5.69. The van der Waals surface area contributed by atoms with Gasteiger partial charge in [0.2, 0.25) is 0 Å². The van der Waals surface area contributed by atoms with Crippen molar-refractivity contribution in [2.45, 2.75) is 13.5 Å². The number of nitrogens with zero attached hydrogens (tertiary/aromatic N) is 4. The number of hydrogen-bond donors (Lipinski definition) is 1. The topological polar surface area (TPSA) is 64.7 Å². The normalized spacial score (nSPS) is 11.0. The number of anilines is 1. The number of carbonyl (C=O) groups excluding carboxylic acids is 1. The predicted octanol–water partition coefficient (Wildman–Crippen LogP) is 7.31. The Hall–Kier alpha value is -3.58. The summed E-state index contributed by atoms with van der Waals surface area (Å²) in [5.74, 6) is -0.108. The molecule has 0 aliphatic heterocycles. The second-order valence-electron chi connectivity index (χ2n) is 8.14. The smallest absolute Gasteiger partial charge is 0.261 e. The summed E-state index contributed by atoms with van der Waals surface area (Å²) in [6.07, 6.45) is 1.64. The molecule has 2 heterocycles. The lowest BCUT2D eigenvalue weighted by Gasteiger charge is -2.07. The van der Waals surface area contributed by atoms with Crippen LogP contribution in [0.25, 0.3) is 16.9 Å². The Morgan fingerprint density at radius 2 is 1.58 bits per heavy atom. The molecule has 3 aromatic carbocycles. The van der Waals surface area contributed by atoms with Crippen LogP contribution in [0.2, 0.25) is 15.1 Å². The van der Waals surface area contributed by atoms with E-state index in [-0.39, 0.29) is 11.7 Å². The molecule has 1 amide bonds. The van der Waals surface area contributed by atoms with Gasteiger partial charge in [0.1, 0.15) is 10.7 Å². The summed E-state index contributed by atoms with van der Waals surface area (Å²) in [6, 6.07) is 24.5. The highest BCUT2D eigenvalue weighted by molar-refractivity contribution is 6.35. The van der Waals surface area contributed by atoms with Crippen molar-refractivity contribution in [3.05, 3.63) is 117 Å². The molecule has 0 aliphatic rings. The van der Waals surface area contributed by atoms with E-state index in [1.807, 2.05) is 73.7 Å². The van der Waals surface area contributed by atoms with Crippen LogP contribution >= 0.6 is 34.8 Å². The minimum atomic E-state index is -0.356. The number of amides is 1. The van der Waals surface area contributed by atoms with Crippen LogP contribution in [-0.4, -0.2) is 25.5 Å². The van der Waals surface area contributed by atoms with Crippen LogP contribution in [0.15, 0.2) is 85.1 Å². The zero-order valence-corrected chi connectivity index (χ0v) is 21.4. The summed E-state index contributed by atoms with van der Waals surface area (Å²) >= 11 is 18.7. The maximum absolute atomic E-state index is 13.6. The number of para-hydroxylation sites is 1. The van der Waals surface area contributed by atoms with Crippen molar-refractivity contribution in [3.8, 4) is 16.9 Å². The van der Waals surface area contributed by atoms with Crippen LogP contribution in [0.4, 0.5) is 5.82 Å². The van der Waals surface area contributed by atoms with E-state index in [9.17, 15) is 4.79 Å². The minimum absolute atomic E-state index is 0.248. The van der Waals surface area contributed by atoms with Gasteiger partial charge in [0.05, 0.1) is 23.5 Å². The summed E-state index contributed by atoms with van der Waals surface area (Å²) in [5, 5.41) is 13.5. The van der Waals surface area contributed by atoms with E-state index >= 15 is 0 Å². The molecular formula is C27H20Cl3N5O. The molecule has 36 heavy (non-hydrogen) atoms. The number of rotatable bonds is 6. The van der Waals surface area contributed by atoms with E-state index in [0.717, 1.165) is 16.8 Å². The first-order valence-electron chi connectivity index (χ1n) is 11.1.